The van der Waals surface area contributed by atoms with E-state index >= 15 is 0 Å². The number of piperazine rings is 1. The minimum absolute atomic E-state index is 0.0109. The zero-order chi connectivity index (χ0) is 17.2. The van der Waals surface area contributed by atoms with Gasteiger partial charge in [-0.3, -0.25) is 14.7 Å². The van der Waals surface area contributed by atoms with Gasteiger partial charge in [0.1, 0.15) is 5.54 Å². The number of pyridine rings is 1. The second kappa shape index (κ2) is 7.17. The lowest BCUT2D eigenvalue weighted by Crippen LogP contribution is -2.58. The van der Waals surface area contributed by atoms with Gasteiger partial charge in [0.25, 0.3) is 0 Å². The number of nitrogens with two attached hydrogens (primary N) is 1. The van der Waals surface area contributed by atoms with Gasteiger partial charge in [-0.25, -0.2) is 0 Å². The topological polar surface area (TPSA) is 65.7 Å². The average Bonchev–Trinajstić information content (AvgIpc) is 2.62. The summed E-state index contributed by atoms with van der Waals surface area (Å²) in [5, 5.41) is 0. The third kappa shape index (κ3) is 3.61. The van der Waals surface area contributed by atoms with Crippen LogP contribution >= 0.6 is 0 Å². The molecule has 0 unspecified atom stereocenters. The van der Waals surface area contributed by atoms with E-state index in [9.17, 15) is 4.79 Å². The first-order chi connectivity index (χ1) is 11.5. The number of aromatic nitrogens is 1. The van der Waals surface area contributed by atoms with Gasteiger partial charge in [0.05, 0.1) is 0 Å². The molecule has 0 aliphatic carbocycles. The number of hydrogen-bond donors (Lipinski definition) is 1. The summed E-state index contributed by atoms with van der Waals surface area (Å²) in [6, 6.07) is 4.32. The Bertz CT molecular complexity index is 546. The molecule has 6 nitrogen and oxygen atoms in total. The molecule has 1 aromatic heterocycles. The molecule has 1 amide bonds. The molecule has 2 saturated heterocycles. The molecule has 0 saturated carbocycles. The van der Waals surface area contributed by atoms with E-state index in [0.717, 1.165) is 31.7 Å². The number of carbonyl (C=O) groups is 1. The zero-order valence-corrected chi connectivity index (χ0v) is 14.8. The van der Waals surface area contributed by atoms with Crippen molar-refractivity contribution in [2.45, 2.75) is 31.3 Å². The fourth-order valence-corrected chi connectivity index (χ4v) is 3.80. The summed E-state index contributed by atoms with van der Waals surface area (Å²) in [4.78, 5) is 23.8. The van der Waals surface area contributed by atoms with E-state index in [1.165, 1.54) is 25.9 Å². The summed E-state index contributed by atoms with van der Waals surface area (Å²) in [5.41, 5.74) is 6.20. The lowest BCUT2D eigenvalue weighted by molar-refractivity contribution is -0.139. The third-order valence-corrected chi connectivity index (χ3v) is 5.53. The Morgan fingerprint density at radius 1 is 1.12 bits per heavy atom. The maximum Gasteiger partial charge on any atom is 0.247 e. The molecule has 0 bridgehead atoms. The number of piperidine rings is 1. The molecule has 2 fully saturated rings. The predicted molar refractivity (Wildman–Crippen MR) is 94.4 cm³/mol. The predicted octanol–water partition coefficient (Wildman–Crippen LogP) is 0.494. The molecule has 2 aliphatic heterocycles. The number of likely N-dealkylation sites (tertiary alicyclic amines) is 1. The SMILES string of the molecule is CN1CCC(N2CCN(C(=O)[C@@](C)(N)c3ccncc3)CC2)CC1. The van der Waals surface area contributed by atoms with Crippen LogP contribution in [0.1, 0.15) is 25.3 Å². The molecule has 0 radical (unpaired) electrons. The summed E-state index contributed by atoms with van der Waals surface area (Å²) in [7, 11) is 2.19. The third-order valence-electron chi connectivity index (χ3n) is 5.53. The highest BCUT2D eigenvalue weighted by atomic mass is 16.2. The van der Waals surface area contributed by atoms with Crippen molar-refractivity contribution in [2.24, 2.45) is 5.73 Å². The lowest BCUT2D eigenvalue weighted by Gasteiger charge is -2.43. The first-order valence-corrected chi connectivity index (χ1v) is 8.90. The van der Waals surface area contributed by atoms with Crippen molar-refractivity contribution in [3.05, 3.63) is 30.1 Å². The van der Waals surface area contributed by atoms with Crippen LogP contribution in [0.2, 0.25) is 0 Å². The smallest absolute Gasteiger partial charge is 0.247 e. The van der Waals surface area contributed by atoms with Crippen LogP contribution in [0, 0.1) is 0 Å². The van der Waals surface area contributed by atoms with Crippen LogP contribution in [0.5, 0.6) is 0 Å². The van der Waals surface area contributed by atoms with E-state index in [1.807, 2.05) is 17.0 Å². The Morgan fingerprint density at radius 3 is 2.29 bits per heavy atom. The van der Waals surface area contributed by atoms with Crippen molar-refractivity contribution in [2.75, 3.05) is 46.3 Å². The van der Waals surface area contributed by atoms with Crippen molar-refractivity contribution in [3.8, 4) is 0 Å². The Morgan fingerprint density at radius 2 is 1.71 bits per heavy atom. The van der Waals surface area contributed by atoms with Crippen LogP contribution in [0.3, 0.4) is 0 Å². The van der Waals surface area contributed by atoms with Gasteiger partial charge in [-0.15, -0.1) is 0 Å². The van der Waals surface area contributed by atoms with E-state index in [0.29, 0.717) is 6.04 Å². The monoisotopic (exact) mass is 331 g/mol. The van der Waals surface area contributed by atoms with Gasteiger partial charge in [0, 0.05) is 44.6 Å². The van der Waals surface area contributed by atoms with Gasteiger partial charge in [-0.05, 0) is 57.6 Å². The van der Waals surface area contributed by atoms with E-state index in [1.54, 1.807) is 19.3 Å². The van der Waals surface area contributed by atoms with E-state index in [-0.39, 0.29) is 5.91 Å². The van der Waals surface area contributed by atoms with Crippen LogP contribution in [-0.2, 0) is 10.3 Å². The highest BCUT2D eigenvalue weighted by molar-refractivity contribution is 5.87. The van der Waals surface area contributed by atoms with Crippen molar-refractivity contribution in [3.63, 3.8) is 0 Å². The second-order valence-corrected chi connectivity index (χ2v) is 7.30. The molecular weight excluding hydrogens is 302 g/mol. The number of rotatable bonds is 3. The minimum atomic E-state index is -0.987. The van der Waals surface area contributed by atoms with Gasteiger partial charge in [-0.2, -0.15) is 0 Å². The highest BCUT2D eigenvalue weighted by Gasteiger charge is 2.36. The first-order valence-electron chi connectivity index (χ1n) is 8.90. The van der Waals surface area contributed by atoms with Crippen molar-refractivity contribution >= 4 is 5.91 Å². The Labute approximate surface area is 144 Å². The summed E-state index contributed by atoms with van der Waals surface area (Å²) in [5.74, 6) is 0.0109. The summed E-state index contributed by atoms with van der Waals surface area (Å²) >= 11 is 0. The fraction of sp³-hybridized carbons (Fsp3) is 0.667. The normalized spacial score (nSPS) is 23.9. The quantitative estimate of drug-likeness (QED) is 0.873. The van der Waals surface area contributed by atoms with Crippen molar-refractivity contribution in [1.29, 1.82) is 0 Å². The average molecular weight is 331 g/mol. The molecule has 0 aromatic carbocycles. The zero-order valence-electron chi connectivity index (χ0n) is 14.8. The fourth-order valence-electron chi connectivity index (χ4n) is 3.80. The van der Waals surface area contributed by atoms with Gasteiger partial charge in [-0.1, -0.05) is 0 Å². The van der Waals surface area contributed by atoms with Gasteiger partial charge in [0.2, 0.25) is 5.91 Å². The molecule has 0 spiro atoms. The number of amides is 1. The number of nitrogens with zero attached hydrogens (tertiary/aromatic N) is 4. The molecule has 2 N–H and O–H groups in total. The summed E-state index contributed by atoms with van der Waals surface area (Å²) < 4.78 is 0. The number of hydrogen-bond acceptors (Lipinski definition) is 5. The first kappa shape index (κ1) is 17.3. The van der Waals surface area contributed by atoms with Crippen LogP contribution < -0.4 is 5.73 Å². The summed E-state index contributed by atoms with van der Waals surface area (Å²) in [6.07, 6.45) is 5.84. The van der Waals surface area contributed by atoms with Crippen LogP contribution in [0.25, 0.3) is 0 Å². The highest BCUT2D eigenvalue weighted by Crippen LogP contribution is 2.22. The molecule has 132 valence electrons. The molecular formula is C18H29N5O. The number of carbonyl (C=O) groups excluding carboxylic acids is 1. The maximum absolute atomic E-state index is 12.9. The standard InChI is InChI=1S/C18H29N5O/c1-18(19,15-3-7-20-8-4-15)17(24)23-13-11-22(12-14-23)16-5-9-21(2)10-6-16/h3-4,7-8,16H,5-6,9-14,19H2,1-2H3/t18-/m0/s1. The Balaban J connectivity index is 1.57. The summed E-state index contributed by atoms with van der Waals surface area (Å²) in [6.45, 7) is 7.58. The minimum Gasteiger partial charge on any atom is -0.338 e. The Hall–Kier alpha value is -1.50. The molecule has 3 heterocycles. The van der Waals surface area contributed by atoms with Crippen molar-refractivity contribution < 1.29 is 4.79 Å². The molecule has 2 aliphatic rings. The molecule has 24 heavy (non-hydrogen) atoms. The van der Waals surface area contributed by atoms with Crippen LogP contribution in [0.4, 0.5) is 0 Å². The van der Waals surface area contributed by atoms with E-state index in [4.69, 9.17) is 5.73 Å². The van der Waals surface area contributed by atoms with Crippen LogP contribution in [-0.4, -0.2) is 77.9 Å². The maximum atomic E-state index is 12.9. The molecule has 6 heteroatoms. The van der Waals surface area contributed by atoms with E-state index in [2.05, 4.69) is 21.8 Å². The molecule has 1 aromatic rings. The lowest BCUT2D eigenvalue weighted by atomic mass is 9.92. The molecule has 1 atom stereocenters. The van der Waals surface area contributed by atoms with E-state index < -0.39 is 5.54 Å². The molecule has 3 rings (SSSR count). The second-order valence-electron chi connectivity index (χ2n) is 7.30. The largest absolute Gasteiger partial charge is 0.338 e. The van der Waals surface area contributed by atoms with Gasteiger partial charge >= 0.3 is 0 Å². The van der Waals surface area contributed by atoms with Gasteiger partial charge in [0.15, 0.2) is 0 Å². The van der Waals surface area contributed by atoms with Crippen molar-refractivity contribution in [1.82, 2.24) is 19.7 Å². The van der Waals surface area contributed by atoms with Crippen LogP contribution in [0.15, 0.2) is 24.5 Å². The Kier molecular flexibility index (Phi) is 5.18. The van der Waals surface area contributed by atoms with Gasteiger partial charge < -0.3 is 15.5 Å².